The molecule has 3 aromatic rings. The van der Waals surface area contributed by atoms with Gasteiger partial charge >= 0.3 is 0 Å². The Morgan fingerprint density at radius 2 is 1.92 bits per heavy atom. The third-order valence-corrected chi connectivity index (χ3v) is 3.10. The van der Waals surface area contributed by atoms with Crippen LogP contribution in [0.4, 0.5) is 5.95 Å². The average Bonchev–Trinajstić information content (AvgIpc) is 2.62. The molecule has 7 heteroatoms. The second kappa shape index (κ2) is 7.68. The van der Waals surface area contributed by atoms with Gasteiger partial charge in [0.1, 0.15) is 18.6 Å². The summed E-state index contributed by atoms with van der Waals surface area (Å²) < 4.78 is 5.84. The molecule has 3 rings (SSSR count). The highest BCUT2D eigenvalue weighted by atomic mass is 16.5. The fraction of sp³-hybridized carbons (Fsp3) is 0.0588. The maximum atomic E-state index is 11.1. The quantitative estimate of drug-likeness (QED) is 0.536. The monoisotopic (exact) mass is 321 g/mol. The van der Waals surface area contributed by atoms with Gasteiger partial charge in [-0.1, -0.05) is 42.5 Å². The van der Waals surface area contributed by atoms with Crippen LogP contribution in [0.2, 0.25) is 0 Å². The molecule has 7 nitrogen and oxygen atoms in total. The van der Waals surface area contributed by atoms with Crippen LogP contribution in [0.1, 0.15) is 11.1 Å². The van der Waals surface area contributed by atoms with Gasteiger partial charge in [0.25, 0.3) is 5.56 Å². The number of para-hydroxylation sites is 1. The van der Waals surface area contributed by atoms with Crippen LogP contribution in [-0.2, 0) is 6.61 Å². The summed E-state index contributed by atoms with van der Waals surface area (Å²) in [6, 6.07) is 17.4. The maximum Gasteiger partial charge on any atom is 0.271 e. The fourth-order valence-corrected chi connectivity index (χ4v) is 1.98. The van der Waals surface area contributed by atoms with Crippen molar-refractivity contribution in [3.63, 3.8) is 0 Å². The van der Waals surface area contributed by atoms with Crippen molar-refractivity contribution in [2.75, 3.05) is 5.43 Å². The number of nitrogens with zero attached hydrogens (tertiary/aromatic N) is 3. The minimum Gasteiger partial charge on any atom is -0.488 e. The smallest absolute Gasteiger partial charge is 0.271 e. The first kappa shape index (κ1) is 15.4. The lowest BCUT2D eigenvalue weighted by atomic mass is 10.2. The van der Waals surface area contributed by atoms with Crippen molar-refractivity contribution >= 4 is 12.2 Å². The Morgan fingerprint density at radius 3 is 2.75 bits per heavy atom. The molecule has 0 spiro atoms. The standard InChI is InChI=1S/C17H15N5O2/c23-16-11-19-22-17(20-16)21-18-10-14-8-4-5-9-15(14)24-12-13-6-2-1-3-7-13/h1-11H,12H2,(H2,20,21,22,23)/b18-10+. The van der Waals surface area contributed by atoms with E-state index >= 15 is 0 Å². The molecule has 0 aliphatic carbocycles. The number of aromatic nitrogens is 3. The van der Waals surface area contributed by atoms with Crippen molar-refractivity contribution in [2.24, 2.45) is 5.10 Å². The van der Waals surface area contributed by atoms with Crippen LogP contribution in [0, 0.1) is 0 Å². The molecule has 0 radical (unpaired) electrons. The van der Waals surface area contributed by atoms with E-state index < -0.39 is 0 Å². The number of nitrogens with one attached hydrogen (secondary N) is 2. The highest BCUT2D eigenvalue weighted by Crippen LogP contribution is 2.17. The van der Waals surface area contributed by atoms with Gasteiger partial charge in [-0.3, -0.25) is 9.78 Å². The molecular formula is C17H15N5O2. The number of rotatable bonds is 6. The second-order valence-corrected chi connectivity index (χ2v) is 4.86. The highest BCUT2D eigenvalue weighted by molar-refractivity contribution is 5.83. The van der Waals surface area contributed by atoms with Gasteiger partial charge in [0, 0.05) is 5.56 Å². The molecule has 0 fully saturated rings. The molecule has 0 aliphatic rings. The Hall–Kier alpha value is -3.48. The van der Waals surface area contributed by atoms with E-state index in [0.29, 0.717) is 12.4 Å². The molecule has 1 heterocycles. The molecule has 0 amide bonds. The third kappa shape index (κ3) is 4.26. The number of anilines is 1. The summed E-state index contributed by atoms with van der Waals surface area (Å²) in [4.78, 5) is 13.6. The molecule has 0 unspecified atom stereocenters. The van der Waals surface area contributed by atoms with E-state index in [1.165, 1.54) is 0 Å². The van der Waals surface area contributed by atoms with Crippen molar-refractivity contribution in [3.8, 4) is 5.75 Å². The molecule has 2 aromatic carbocycles. The summed E-state index contributed by atoms with van der Waals surface area (Å²) in [6.07, 6.45) is 2.68. The van der Waals surface area contributed by atoms with Crippen LogP contribution < -0.4 is 15.7 Å². The summed E-state index contributed by atoms with van der Waals surface area (Å²) in [7, 11) is 0. The fourth-order valence-electron chi connectivity index (χ4n) is 1.98. The molecule has 0 saturated heterocycles. The highest BCUT2D eigenvalue weighted by Gasteiger charge is 2.01. The van der Waals surface area contributed by atoms with Crippen molar-refractivity contribution < 1.29 is 4.74 Å². The van der Waals surface area contributed by atoms with Crippen molar-refractivity contribution in [3.05, 3.63) is 82.3 Å². The van der Waals surface area contributed by atoms with Crippen molar-refractivity contribution in [1.29, 1.82) is 0 Å². The predicted octanol–water partition coefficient (Wildman–Crippen LogP) is 2.19. The van der Waals surface area contributed by atoms with Crippen molar-refractivity contribution in [1.82, 2.24) is 15.2 Å². The van der Waals surface area contributed by atoms with Gasteiger partial charge in [0.05, 0.1) is 6.21 Å². The van der Waals surface area contributed by atoms with Gasteiger partial charge in [-0.25, -0.2) is 5.43 Å². The normalized spacial score (nSPS) is 10.7. The Kier molecular flexibility index (Phi) is 4.94. The lowest BCUT2D eigenvalue weighted by molar-refractivity contribution is 0.306. The summed E-state index contributed by atoms with van der Waals surface area (Å²) in [5, 5.41) is 11.3. The largest absolute Gasteiger partial charge is 0.488 e. The van der Waals surface area contributed by atoms with Gasteiger partial charge in [0.15, 0.2) is 0 Å². The minimum absolute atomic E-state index is 0.168. The molecule has 2 N–H and O–H groups in total. The average molecular weight is 321 g/mol. The number of hydrogen-bond acceptors (Lipinski definition) is 6. The number of ether oxygens (including phenoxy) is 1. The zero-order chi connectivity index (χ0) is 16.6. The Balaban J connectivity index is 1.67. The van der Waals surface area contributed by atoms with Crippen LogP contribution in [0.15, 0.2) is 70.7 Å². The first-order valence-electron chi connectivity index (χ1n) is 7.28. The molecule has 0 atom stereocenters. The van der Waals surface area contributed by atoms with Crippen LogP contribution >= 0.6 is 0 Å². The topological polar surface area (TPSA) is 92.3 Å². The van der Waals surface area contributed by atoms with E-state index in [1.807, 2.05) is 54.6 Å². The lowest BCUT2D eigenvalue weighted by Gasteiger charge is -2.08. The first-order valence-corrected chi connectivity index (χ1v) is 7.28. The number of hydrazone groups is 1. The van der Waals surface area contributed by atoms with E-state index in [4.69, 9.17) is 4.74 Å². The summed E-state index contributed by atoms with van der Waals surface area (Å²) in [6.45, 7) is 0.469. The lowest BCUT2D eigenvalue weighted by Crippen LogP contribution is -2.10. The predicted molar refractivity (Wildman–Crippen MR) is 91.1 cm³/mol. The molecular weight excluding hydrogens is 306 g/mol. The first-order chi connectivity index (χ1) is 11.8. The zero-order valence-corrected chi connectivity index (χ0v) is 12.7. The molecule has 0 bridgehead atoms. The van der Waals surface area contributed by atoms with Gasteiger partial charge in [-0.15, -0.1) is 10.2 Å². The van der Waals surface area contributed by atoms with Crippen molar-refractivity contribution in [2.45, 2.75) is 6.61 Å². The van der Waals surface area contributed by atoms with Crippen LogP contribution in [0.25, 0.3) is 0 Å². The Morgan fingerprint density at radius 1 is 1.12 bits per heavy atom. The van der Waals surface area contributed by atoms with E-state index in [-0.39, 0.29) is 11.5 Å². The van der Waals surface area contributed by atoms with Gasteiger partial charge in [0.2, 0.25) is 5.95 Å². The summed E-state index contributed by atoms with van der Waals surface area (Å²) >= 11 is 0. The number of aromatic amines is 1. The SMILES string of the molecule is O=c1cnnc(N/N=C/c2ccccc2OCc2ccccc2)[nH]1. The van der Waals surface area contributed by atoms with Crippen LogP contribution in [0.3, 0.4) is 0 Å². The third-order valence-electron chi connectivity index (χ3n) is 3.10. The molecule has 1 aromatic heterocycles. The molecule has 24 heavy (non-hydrogen) atoms. The minimum atomic E-state index is -0.353. The molecule has 120 valence electrons. The number of benzene rings is 2. The maximum absolute atomic E-state index is 11.1. The zero-order valence-electron chi connectivity index (χ0n) is 12.7. The summed E-state index contributed by atoms with van der Waals surface area (Å²) in [5.41, 5.74) is 4.15. The van der Waals surface area contributed by atoms with E-state index in [0.717, 1.165) is 17.3 Å². The number of hydrogen-bond donors (Lipinski definition) is 2. The van der Waals surface area contributed by atoms with Gasteiger partial charge in [-0.2, -0.15) is 5.10 Å². The van der Waals surface area contributed by atoms with Crippen LogP contribution in [0.5, 0.6) is 5.75 Å². The van der Waals surface area contributed by atoms with E-state index in [2.05, 4.69) is 25.7 Å². The van der Waals surface area contributed by atoms with E-state index in [1.54, 1.807) is 6.21 Å². The summed E-state index contributed by atoms with van der Waals surface area (Å²) in [5.74, 6) is 0.876. The second-order valence-electron chi connectivity index (χ2n) is 4.86. The van der Waals surface area contributed by atoms with Crippen LogP contribution in [-0.4, -0.2) is 21.4 Å². The number of H-pyrrole nitrogens is 1. The Labute approximate surface area is 138 Å². The van der Waals surface area contributed by atoms with Gasteiger partial charge in [-0.05, 0) is 17.7 Å². The molecule has 0 aliphatic heterocycles. The molecule has 0 saturated carbocycles. The van der Waals surface area contributed by atoms with Gasteiger partial charge < -0.3 is 4.74 Å². The van der Waals surface area contributed by atoms with E-state index in [9.17, 15) is 4.79 Å². The Bertz CT molecular complexity index is 877.